The average Bonchev–Trinajstić information content (AvgIpc) is 2.55. The zero-order valence-corrected chi connectivity index (χ0v) is 19.3. The molecule has 0 atom stereocenters. The number of hydrogen-bond acceptors (Lipinski definition) is 2. The Morgan fingerprint density at radius 3 is 1.34 bits per heavy atom. The van der Waals surface area contributed by atoms with Gasteiger partial charge in [0.05, 0.1) is 0 Å². The standard InChI is InChI=1S/C27H36O2/c1-16(2)20-12-18(13-21(17(3)4)24(20)28)11-19-14-22(26(5,6)7)25(29)23(15-19)27(8,9)10/h12-15,28-29H,1,3,11H2,2,4-10H3. The summed E-state index contributed by atoms with van der Waals surface area (Å²) in [4.78, 5) is 0. The van der Waals surface area contributed by atoms with Gasteiger partial charge in [-0.2, -0.15) is 0 Å². The van der Waals surface area contributed by atoms with E-state index < -0.39 is 0 Å². The van der Waals surface area contributed by atoms with E-state index in [4.69, 9.17) is 0 Å². The van der Waals surface area contributed by atoms with Crippen LogP contribution in [0.3, 0.4) is 0 Å². The van der Waals surface area contributed by atoms with Crippen molar-refractivity contribution in [3.63, 3.8) is 0 Å². The Hall–Kier alpha value is -2.48. The minimum atomic E-state index is -0.166. The third-order valence-corrected chi connectivity index (χ3v) is 5.28. The lowest BCUT2D eigenvalue weighted by Gasteiger charge is -2.28. The molecule has 0 spiro atoms. The van der Waals surface area contributed by atoms with Crippen LogP contribution >= 0.6 is 0 Å². The van der Waals surface area contributed by atoms with Crippen LogP contribution in [0.25, 0.3) is 11.1 Å². The zero-order chi connectivity index (χ0) is 22.3. The Balaban J connectivity index is 2.68. The van der Waals surface area contributed by atoms with Gasteiger partial charge in [0, 0.05) is 11.1 Å². The molecule has 2 N–H and O–H groups in total. The van der Waals surface area contributed by atoms with E-state index in [9.17, 15) is 10.2 Å². The molecule has 0 saturated heterocycles. The van der Waals surface area contributed by atoms with Crippen molar-refractivity contribution in [2.75, 3.05) is 0 Å². The summed E-state index contributed by atoms with van der Waals surface area (Å²) in [6.07, 6.45) is 0.702. The predicted octanol–water partition coefficient (Wildman–Crippen LogP) is 7.35. The summed E-state index contributed by atoms with van der Waals surface area (Å²) in [5.74, 6) is 0.634. The fourth-order valence-corrected chi connectivity index (χ4v) is 3.62. The van der Waals surface area contributed by atoms with Gasteiger partial charge >= 0.3 is 0 Å². The summed E-state index contributed by atoms with van der Waals surface area (Å²) in [5, 5.41) is 21.6. The van der Waals surface area contributed by atoms with Gasteiger partial charge in [0.1, 0.15) is 11.5 Å². The van der Waals surface area contributed by atoms with E-state index in [0.717, 1.165) is 44.5 Å². The first-order chi connectivity index (χ1) is 13.1. The molecule has 0 unspecified atom stereocenters. The highest BCUT2D eigenvalue weighted by molar-refractivity contribution is 5.77. The Kier molecular flexibility index (Phi) is 6.09. The number of hydrogen-bond donors (Lipinski definition) is 2. The van der Waals surface area contributed by atoms with Gasteiger partial charge in [-0.05, 0) is 76.6 Å². The van der Waals surface area contributed by atoms with E-state index >= 15 is 0 Å². The minimum Gasteiger partial charge on any atom is -0.507 e. The Morgan fingerprint density at radius 2 is 1.03 bits per heavy atom. The number of allylic oxidation sites excluding steroid dienone is 2. The summed E-state index contributed by atoms with van der Waals surface area (Å²) in [6, 6.07) is 8.23. The maximum atomic E-state index is 11.0. The molecule has 0 aliphatic rings. The van der Waals surface area contributed by atoms with Gasteiger partial charge in [-0.3, -0.25) is 0 Å². The van der Waals surface area contributed by atoms with Crippen LogP contribution in [0.2, 0.25) is 0 Å². The summed E-state index contributed by atoms with van der Waals surface area (Å²) < 4.78 is 0. The van der Waals surface area contributed by atoms with E-state index in [1.165, 1.54) is 0 Å². The average molecular weight is 393 g/mol. The van der Waals surface area contributed by atoms with Crippen molar-refractivity contribution in [2.45, 2.75) is 72.6 Å². The zero-order valence-electron chi connectivity index (χ0n) is 19.3. The van der Waals surface area contributed by atoms with Crippen LogP contribution in [0.1, 0.15) is 88.8 Å². The molecule has 2 nitrogen and oxygen atoms in total. The van der Waals surface area contributed by atoms with Crippen LogP contribution in [0.5, 0.6) is 11.5 Å². The third kappa shape index (κ3) is 4.93. The van der Waals surface area contributed by atoms with Crippen LogP contribution in [-0.4, -0.2) is 10.2 Å². The lowest BCUT2D eigenvalue weighted by molar-refractivity contribution is 0.423. The monoisotopic (exact) mass is 392 g/mol. The molecule has 0 aliphatic carbocycles. The second-order valence-corrected chi connectivity index (χ2v) is 10.3. The molecule has 0 amide bonds. The molecule has 0 aliphatic heterocycles. The lowest BCUT2D eigenvalue weighted by Crippen LogP contribution is -2.18. The molecule has 29 heavy (non-hydrogen) atoms. The van der Waals surface area contributed by atoms with Crippen LogP contribution in [-0.2, 0) is 17.3 Å². The molecular formula is C27H36O2. The molecule has 0 radical (unpaired) electrons. The molecular weight excluding hydrogens is 356 g/mol. The smallest absolute Gasteiger partial charge is 0.130 e. The van der Waals surface area contributed by atoms with Crippen LogP contribution in [0.15, 0.2) is 37.4 Å². The minimum absolute atomic E-state index is 0.166. The molecule has 2 aromatic rings. The van der Waals surface area contributed by atoms with Gasteiger partial charge in [-0.25, -0.2) is 0 Å². The SMILES string of the molecule is C=C(C)c1cc(Cc2cc(C(C)(C)C)c(O)c(C(C)(C)C)c2)cc(C(=C)C)c1O. The Bertz CT molecular complexity index is 893. The van der Waals surface area contributed by atoms with Gasteiger partial charge in [-0.15, -0.1) is 0 Å². The van der Waals surface area contributed by atoms with Crippen molar-refractivity contribution in [2.24, 2.45) is 0 Å². The lowest BCUT2D eigenvalue weighted by atomic mass is 9.78. The number of benzene rings is 2. The first-order valence-corrected chi connectivity index (χ1v) is 10.2. The molecule has 0 fully saturated rings. The topological polar surface area (TPSA) is 40.5 Å². The van der Waals surface area contributed by atoms with Gasteiger partial charge in [0.25, 0.3) is 0 Å². The second kappa shape index (κ2) is 7.74. The molecule has 2 rings (SSSR count). The maximum absolute atomic E-state index is 11.0. The second-order valence-electron chi connectivity index (χ2n) is 10.3. The number of rotatable bonds is 4. The largest absolute Gasteiger partial charge is 0.507 e. The van der Waals surface area contributed by atoms with Crippen molar-refractivity contribution < 1.29 is 10.2 Å². The summed E-state index contributed by atoms with van der Waals surface area (Å²) in [7, 11) is 0. The fraction of sp³-hybridized carbons (Fsp3) is 0.407. The first-order valence-electron chi connectivity index (χ1n) is 10.2. The van der Waals surface area contributed by atoms with E-state index in [-0.39, 0.29) is 16.6 Å². The molecule has 0 saturated carbocycles. The van der Waals surface area contributed by atoms with Crippen LogP contribution < -0.4 is 0 Å². The molecule has 2 aromatic carbocycles. The molecule has 0 heterocycles. The van der Waals surface area contributed by atoms with E-state index in [1.807, 2.05) is 26.0 Å². The van der Waals surface area contributed by atoms with Crippen molar-refractivity contribution >= 4 is 11.1 Å². The van der Waals surface area contributed by atoms with Crippen molar-refractivity contribution in [3.8, 4) is 11.5 Å². The quantitative estimate of drug-likeness (QED) is 0.571. The van der Waals surface area contributed by atoms with Crippen molar-refractivity contribution in [3.05, 3.63) is 70.8 Å². The van der Waals surface area contributed by atoms with Gasteiger partial charge < -0.3 is 10.2 Å². The van der Waals surface area contributed by atoms with E-state index in [1.54, 1.807) is 0 Å². The van der Waals surface area contributed by atoms with Crippen molar-refractivity contribution in [1.82, 2.24) is 0 Å². The van der Waals surface area contributed by atoms with Gasteiger partial charge in [0.15, 0.2) is 0 Å². The summed E-state index contributed by atoms with van der Waals surface area (Å²) >= 11 is 0. The highest BCUT2D eigenvalue weighted by Gasteiger charge is 2.26. The fourth-order valence-electron chi connectivity index (χ4n) is 3.62. The number of aromatic hydroxyl groups is 2. The first kappa shape index (κ1) is 22.8. The highest BCUT2D eigenvalue weighted by atomic mass is 16.3. The van der Waals surface area contributed by atoms with Gasteiger partial charge in [-0.1, -0.05) is 66.8 Å². The van der Waals surface area contributed by atoms with Crippen LogP contribution in [0, 0.1) is 0 Å². The van der Waals surface area contributed by atoms with Crippen molar-refractivity contribution in [1.29, 1.82) is 0 Å². The van der Waals surface area contributed by atoms with E-state index in [2.05, 4.69) is 66.8 Å². The number of phenolic OH excluding ortho intramolecular Hbond substituents is 2. The predicted molar refractivity (Wildman–Crippen MR) is 126 cm³/mol. The maximum Gasteiger partial charge on any atom is 0.130 e. The summed E-state index contributed by atoms with van der Waals surface area (Å²) in [5.41, 5.74) is 6.97. The normalized spacial score (nSPS) is 12.1. The molecule has 0 aromatic heterocycles. The third-order valence-electron chi connectivity index (χ3n) is 5.28. The summed E-state index contributed by atoms with van der Waals surface area (Å²) in [6.45, 7) is 24.6. The molecule has 2 heteroatoms. The van der Waals surface area contributed by atoms with Crippen LogP contribution in [0.4, 0.5) is 0 Å². The Morgan fingerprint density at radius 1 is 0.690 bits per heavy atom. The Labute approximate surface area is 176 Å². The number of phenols is 2. The van der Waals surface area contributed by atoms with E-state index in [0.29, 0.717) is 12.2 Å². The molecule has 0 bridgehead atoms. The van der Waals surface area contributed by atoms with Gasteiger partial charge in [0.2, 0.25) is 0 Å². The highest BCUT2D eigenvalue weighted by Crippen LogP contribution is 2.41. The molecule has 156 valence electrons.